The summed E-state index contributed by atoms with van der Waals surface area (Å²) in [5, 5.41) is 13.8. The summed E-state index contributed by atoms with van der Waals surface area (Å²) >= 11 is 0. The Morgan fingerprint density at radius 3 is 2.62 bits per heavy atom. The largest absolute Gasteiger partial charge is 0.480 e. The van der Waals surface area contributed by atoms with Crippen LogP contribution in [0.4, 0.5) is 11.5 Å². The Morgan fingerprint density at radius 2 is 1.85 bits per heavy atom. The highest BCUT2D eigenvalue weighted by Gasteiger charge is 2.40. The van der Waals surface area contributed by atoms with E-state index in [4.69, 9.17) is 4.42 Å². The molecule has 1 fully saturated rings. The van der Waals surface area contributed by atoms with E-state index in [2.05, 4.69) is 20.3 Å². The first kappa shape index (κ1) is 24.5. The summed E-state index contributed by atoms with van der Waals surface area (Å²) in [6.45, 7) is 4.09. The molecule has 1 aliphatic heterocycles. The summed E-state index contributed by atoms with van der Waals surface area (Å²) in [6.07, 6.45) is 2.14. The van der Waals surface area contributed by atoms with Gasteiger partial charge in [-0.2, -0.15) is 0 Å². The van der Waals surface area contributed by atoms with Gasteiger partial charge in [-0.05, 0) is 49.9 Å². The van der Waals surface area contributed by atoms with E-state index in [9.17, 15) is 14.7 Å². The Morgan fingerprint density at radius 1 is 1.08 bits per heavy atom. The number of carbonyl (C=O) groups excluding carboxylic acids is 1. The Hall–Kier alpha value is -4.79. The topological polar surface area (TPSA) is 121 Å². The molecule has 9 heteroatoms. The maximum absolute atomic E-state index is 13.0. The third-order valence-electron chi connectivity index (χ3n) is 7.14. The third-order valence-corrected chi connectivity index (χ3v) is 7.14. The minimum absolute atomic E-state index is 0.174. The predicted molar refractivity (Wildman–Crippen MR) is 149 cm³/mol. The van der Waals surface area contributed by atoms with Crippen LogP contribution in [0.25, 0.3) is 33.3 Å². The van der Waals surface area contributed by atoms with Gasteiger partial charge in [0.25, 0.3) is 0 Å². The number of aliphatic carboxylic acids is 1. The molecule has 0 unspecified atom stereocenters. The van der Waals surface area contributed by atoms with Crippen LogP contribution in [0.15, 0.2) is 71.3 Å². The molecule has 4 heterocycles. The summed E-state index contributed by atoms with van der Waals surface area (Å²) in [4.78, 5) is 40.7. The molecule has 3 aromatic heterocycles. The van der Waals surface area contributed by atoms with Crippen LogP contribution in [0.5, 0.6) is 0 Å². The van der Waals surface area contributed by atoms with E-state index in [0.717, 1.165) is 22.2 Å². The SMILES string of the molecule is Cc1nc(N2C[C@@H](CC(=O)Nc3cnc(-c4ccccc4)c(C)c3)C[C@H]2C(=O)O)c2oc3ccccc3c2n1. The first-order chi connectivity index (χ1) is 18.9. The fraction of sp³-hybridized carbons (Fsp3) is 0.233. The molecular weight excluding hydrogens is 494 g/mol. The summed E-state index contributed by atoms with van der Waals surface area (Å²) < 4.78 is 6.08. The van der Waals surface area contributed by atoms with Gasteiger partial charge < -0.3 is 19.7 Å². The number of hydrogen-bond acceptors (Lipinski definition) is 7. The highest BCUT2D eigenvalue weighted by atomic mass is 16.4. The van der Waals surface area contributed by atoms with Crippen molar-refractivity contribution in [3.05, 3.63) is 78.2 Å². The molecule has 1 aliphatic rings. The van der Waals surface area contributed by atoms with Crippen molar-refractivity contribution >= 4 is 45.5 Å². The Kier molecular flexibility index (Phi) is 6.18. The average Bonchev–Trinajstić information content (AvgIpc) is 3.50. The molecule has 39 heavy (non-hydrogen) atoms. The highest BCUT2D eigenvalue weighted by Crippen LogP contribution is 2.38. The van der Waals surface area contributed by atoms with E-state index >= 15 is 0 Å². The van der Waals surface area contributed by atoms with Gasteiger partial charge in [-0.1, -0.05) is 42.5 Å². The van der Waals surface area contributed by atoms with Gasteiger partial charge in [0, 0.05) is 23.9 Å². The number of nitrogens with zero attached hydrogens (tertiary/aromatic N) is 4. The fourth-order valence-corrected chi connectivity index (χ4v) is 5.43. The number of rotatable bonds is 6. The maximum atomic E-state index is 13.0. The molecule has 2 atom stereocenters. The number of carboxylic acids is 1. The molecule has 6 rings (SSSR count). The molecular formula is C30H27N5O4. The number of carbonyl (C=O) groups is 2. The van der Waals surface area contributed by atoms with E-state index in [-0.39, 0.29) is 18.2 Å². The van der Waals surface area contributed by atoms with E-state index in [1.807, 2.05) is 67.6 Å². The zero-order valence-corrected chi connectivity index (χ0v) is 21.6. The molecule has 0 radical (unpaired) electrons. The van der Waals surface area contributed by atoms with Crippen molar-refractivity contribution in [2.75, 3.05) is 16.8 Å². The van der Waals surface area contributed by atoms with Crippen molar-refractivity contribution in [2.45, 2.75) is 32.7 Å². The summed E-state index contributed by atoms with van der Waals surface area (Å²) in [6, 6.07) is 18.5. The number of aryl methyl sites for hydroxylation is 2. The zero-order chi connectivity index (χ0) is 27.1. The van der Waals surface area contributed by atoms with Gasteiger partial charge in [-0.15, -0.1) is 0 Å². The molecule has 0 saturated carbocycles. The molecule has 9 nitrogen and oxygen atoms in total. The number of aromatic nitrogens is 3. The average molecular weight is 522 g/mol. The number of nitrogens with one attached hydrogen (secondary N) is 1. The van der Waals surface area contributed by atoms with Crippen molar-refractivity contribution in [3.8, 4) is 11.3 Å². The van der Waals surface area contributed by atoms with Gasteiger partial charge in [-0.3, -0.25) is 9.78 Å². The number of fused-ring (bicyclic) bond motifs is 3. The van der Waals surface area contributed by atoms with Crippen LogP contribution >= 0.6 is 0 Å². The summed E-state index contributed by atoms with van der Waals surface area (Å²) in [5.41, 5.74) is 5.21. The first-order valence-corrected chi connectivity index (χ1v) is 12.8. The molecule has 0 bridgehead atoms. The van der Waals surface area contributed by atoms with E-state index in [1.54, 1.807) is 18.0 Å². The molecule has 5 aromatic rings. The van der Waals surface area contributed by atoms with Crippen molar-refractivity contribution in [3.63, 3.8) is 0 Å². The smallest absolute Gasteiger partial charge is 0.326 e. The lowest BCUT2D eigenvalue weighted by atomic mass is 10.0. The fourth-order valence-electron chi connectivity index (χ4n) is 5.43. The molecule has 1 amide bonds. The predicted octanol–water partition coefficient (Wildman–Crippen LogP) is 5.36. The number of anilines is 2. The third kappa shape index (κ3) is 4.67. The van der Waals surface area contributed by atoms with Crippen LogP contribution in [-0.2, 0) is 9.59 Å². The van der Waals surface area contributed by atoms with Crippen molar-refractivity contribution in [1.82, 2.24) is 15.0 Å². The van der Waals surface area contributed by atoms with Crippen molar-refractivity contribution in [1.29, 1.82) is 0 Å². The first-order valence-electron chi connectivity index (χ1n) is 12.8. The second kappa shape index (κ2) is 9.83. The van der Waals surface area contributed by atoms with Crippen molar-refractivity contribution < 1.29 is 19.1 Å². The van der Waals surface area contributed by atoms with Gasteiger partial charge in [0.1, 0.15) is 23.0 Å². The number of pyridine rings is 1. The molecule has 1 saturated heterocycles. The second-order valence-electron chi connectivity index (χ2n) is 9.99. The monoisotopic (exact) mass is 521 g/mol. The van der Waals surface area contributed by atoms with E-state index in [1.165, 1.54) is 0 Å². The molecule has 2 aromatic carbocycles. The van der Waals surface area contributed by atoms with Gasteiger partial charge in [0.05, 0.1) is 17.6 Å². The van der Waals surface area contributed by atoms with Gasteiger partial charge in [-0.25, -0.2) is 14.8 Å². The lowest BCUT2D eigenvalue weighted by molar-refractivity contribution is -0.138. The van der Waals surface area contributed by atoms with Crippen LogP contribution in [0.2, 0.25) is 0 Å². The van der Waals surface area contributed by atoms with E-state index < -0.39 is 12.0 Å². The van der Waals surface area contributed by atoms with Crippen molar-refractivity contribution in [2.24, 2.45) is 5.92 Å². The van der Waals surface area contributed by atoms with Crippen LogP contribution in [-0.4, -0.2) is 44.5 Å². The Labute approximate surface area is 224 Å². The summed E-state index contributed by atoms with van der Waals surface area (Å²) in [7, 11) is 0. The minimum atomic E-state index is -0.963. The van der Waals surface area contributed by atoms with Crippen LogP contribution in [0.1, 0.15) is 24.2 Å². The number of amides is 1. The molecule has 0 spiro atoms. The maximum Gasteiger partial charge on any atom is 0.326 e. The summed E-state index contributed by atoms with van der Waals surface area (Å²) in [5.74, 6) is -0.364. The number of para-hydroxylation sites is 1. The Bertz CT molecular complexity index is 1720. The second-order valence-corrected chi connectivity index (χ2v) is 9.99. The van der Waals surface area contributed by atoms with Gasteiger partial charge >= 0.3 is 5.97 Å². The van der Waals surface area contributed by atoms with Gasteiger partial charge in [0.15, 0.2) is 11.4 Å². The lowest BCUT2D eigenvalue weighted by Crippen LogP contribution is -2.36. The zero-order valence-electron chi connectivity index (χ0n) is 21.6. The molecule has 196 valence electrons. The molecule has 2 N–H and O–H groups in total. The Balaban J connectivity index is 1.22. The van der Waals surface area contributed by atoms with Crippen LogP contribution < -0.4 is 10.2 Å². The lowest BCUT2D eigenvalue weighted by Gasteiger charge is -2.22. The van der Waals surface area contributed by atoms with Crippen LogP contribution in [0, 0.1) is 19.8 Å². The number of carboxylic acid groups (broad SMARTS) is 1. The highest BCUT2D eigenvalue weighted by molar-refractivity contribution is 6.06. The van der Waals surface area contributed by atoms with Crippen LogP contribution in [0.3, 0.4) is 0 Å². The number of furan rings is 1. The number of hydrogen-bond donors (Lipinski definition) is 2. The normalized spacial score (nSPS) is 17.1. The standard InChI is InChI=1S/C30H27N5O4/c1-17-12-21(15-31-26(17)20-8-4-3-5-9-20)34-25(36)14-19-13-23(30(37)38)35(16-19)29-28-27(32-18(2)33-29)22-10-6-7-11-24(22)39-28/h3-12,15,19,23H,13-14,16H2,1-2H3,(H,34,36)(H,37,38)/t19-,23+/m1/s1. The quantitative estimate of drug-likeness (QED) is 0.306. The van der Waals surface area contributed by atoms with E-state index in [0.29, 0.717) is 47.0 Å². The van der Waals surface area contributed by atoms with Gasteiger partial charge in [0.2, 0.25) is 5.91 Å². The minimum Gasteiger partial charge on any atom is -0.480 e. The number of benzene rings is 2. The molecule has 0 aliphatic carbocycles.